The lowest BCUT2D eigenvalue weighted by molar-refractivity contribution is -0.120. The molecule has 1 aromatic heterocycles. The van der Waals surface area contributed by atoms with Gasteiger partial charge in [0.2, 0.25) is 5.91 Å². The summed E-state index contributed by atoms with van der Waals surface area (Å²) < 4.78 is 7.27. The molecule has 4 atom stereocenters. The highest BCUT2D eigenvalue weighted by molar-refractivity contribution is 5.93. The number of carbonyl (C=O) groups is 1. The predicted molar refractivity (Wildman–Crippen MR) is 74.2 cm³/mol. The number of aromatic nitrogens is 2. The van der Waals surface area contributed by atoms with Crippen LogP contribution < -0.4 is 5.32 Å². The maximum atomic E-state index is 12.3. The largest absolute Gasteiger partial charge is 0.379 e. The topological polar surface area (TPSA) is 56.2 Å². The zero-order valence-electron chi connectivity index (χ0n) is 11.4. The van der Waals surface area contributed by atoms with Gasteiger partial charge in [0.05, 0.1) is 24.5 Å². The Morgan fingerprint density at radius 3 is 3.05 bits per heavy atom. The van der Waals surface area contributed by atoms with Gasteiger partial charge in [-0.1, -0.05) is 12.2 Å². The second-order valence-electron chi connectivity index (χ2n) is 6.10. The molecule has 3 aliphatic rings. The quantitative estimate of drug-likeness (QED) is 0.857. The summed E-state index contributed by atoms with van der Waals surface area (Å²) in [5.41, 5.74) is 0.800. The van der Waals surface area contributed by atoms with Gasteiger partial charge in [0, 0.05) is 18.7 Å². The van der Waals surface area contributed by atoms with Gasteiger partial charge < -0.3 is 10.1 Å². The van der Waals surface area contributed by atoms with E-state index < -0.39 is 0 Å². The predicted octanol–water partition coefficient (Wildman–Crippen LogP) is 2.00. The Labute approximate surface area is 118 Å². The van der Waals surface area contributed by atoms with Crippen LogP contribution in [0.5, 0.6) is 0 Å². The molecule has 0 aromatic carbocycles. The lowest BCUT2D eigenvalue weighted by atomic mass is 9.93. The average Bonchev–Trinajstić information content (AvgIpc) is 3.22. The average molecular weight is 273 g/mol. The standard InChI is InChI=1S/C15H19N3O2/c19-15(14-6-10-1-2-11(14)5-10)17-12-7-16-18(8-12)13-3-4-20-9-13/h1-2,7-8,10-11,13-14H,3-6,9H2,(H,17,19)/t10-,11-,13-,14+/m0/s1. The molecule has 2 fully saturated rings. The maximum absolute atomic E-state index is 12.3. The van der Waals surface area contributed by atoms with Gasteiger partial charge in [-0.2, -0.15) is 5.10 Å². The Balaban J connectivity index is 1.41. The number of carbonyl (C=O) groups excluding carboxylic acids is 1. The highest BCUT2D eigenvalue weighted by Gasteiger charge is 2.39. The van der Waals surface area contributed by atoms with Crippen molar-refractivity contribution < 1.29 is 9.53 Å². The van der Waals surface area contributed by atoms with Crippen molar-refractivity contribution in [3.63, 3.8) is 0 Å². The molecule has 4 rings (SSSR count). The molecule has 1 amide bonds. The Hall–Kier alpha value is -1.62. The van der Waals surface area contributed by atoms with Gasteiger partial charge in [0.1, 0.15) is 0 Å². The van der Waals surface area contributed by atoms with Crippen LogP contribution in [-0.2, 0) is 9.53 Å². The zero-order valence-corrected chi connectivity index (χ0v) is 11.4. The SMILES string of the molecule is O=C(Nc1cnn([C@H]2CCOC2)c1)[C@@H]1C[C@H]2C=C[C@H]1C2. The molecule has 2 bridgehead atoms. The summed E-state index contributed by atoms with van der Waals surface area (Å²) in [6.07, 6.45) is 11.3. The molecule has 1 N–H and O–H groups in total. The van der Waals surface area contributed by atoms with Crippen molar-refractivity contribution in [1.82, 2.24) is 9.78 Å². The Kier molecular flexibility index (Phi) is 2.88. The van der Waals surface area contributed by atoms with Crippen LogP contribution in [0.1, 0.15) is 25.3 Å². The van der Waals surface area contributed by atoms with E-state index in [9.17, 15) is 4.79 Å². The molecular formula is C15H19N3O2. The first-order valence-corrected chi connectivity index (χ1v) is 7.40. The molecule has 1 saturated heterocycles. The lowest BCUT2D eigenvalue weighted by Crippen LogP contribution is -2.25. The van der Waals surface area contributed by atoms with Gasteiger partial charge in [-0.3, -0.25) is 9.48 Å². The number of nitrogens with zero attached hydrogens (tertiary/aromatic N) is 2. The van der Waals surface area contributed by atoms with Crippen molar-refractivity contribution in [2.24, 2.45) is 17.8 Å². The minimum atomic E-state index is 0.142. The highest BCUT2D eigenvalue weighted by atomic mass is 16.5. The molecule has 5 heteroatoms. The van der Waals surface area contributed by atoms with E-state index >= 15 is 0 Å². The summed E-state index contributed by atoms with van der Waals surface area (Å²) in [6.45, 7) is 1.51. The molecule has 0 spiro atoms. The fourth-order valence-corrected chi connectivity index (χ4v) is 3.65. The first-order valence-electron chi connectivity index (χ1n) is 7.40. The number of amides is 1. The van der Waals surface area contributed by atoms with Crippen LogP contribution in [0, 0.1) is 17.8 Å². The number of rotatable bonds is 3. The fraction of sp³-hybridized carbons (Fsp3) is 0.600. The summed E-state index contributed by atoms with van der Waals surface area (Å²) in [4.78, 5) is 12.3. The number of nitrogens with one attached hydrogen (secondary N) is 1. The number of ether oxygens (including phenoxy) is 1. The summed E-state index contributed by atoms with van der Waals surface area (Å²) in [6, 6.07) is 0.311. The van der Waals surface area contributed by atoms with E-state index in [2.05, 4.69) is 22.6 Å². The number of hydrogen-bond donors (Lipinski definition) is 1. The van der Waals surface area contributed by atoms with Crippen molar-refractivity contribution in [3.05, 3.63) is 24.5 Å². The van der Waals surface area contributed by atoms with Crippen molar-refractivity contribution in [3.8, 4) is 0 Å². The van der Waals surface area contributed by atoms with E-state index in [1.165, 1.54) is 0 Å². The van der Waals surface area contributed by atoms with Crippen LogP contribution in [0.15, 0.2) is 24.5 Å². The third kappa shape index (κ3) is 2.06. The van der Waals surface area contributed by atoms with Gasteiger partial charge in [0.15, 0.2) is 0 Å². The molecule has 1 aromatic rings. The lowest BCUT2D eigenvalue weighted by Gasteiger charge is -2.16. The van der Waals surface area contributed by atoms with E-state index in [1.807, 2.05) is 10.9 Å². The van der Waals surface area contributed by atoms with E-state index in [-0.39, 0.29) is 11.8 Å². The summed E-state index contributed by atoms with van der Waals surface area (Å²) >= 11 is 0. The molecule has 20 heavy (non-hydrogen) atoms. The molecule has 1 saturated carbocycles. The van der Waals surface area contributed by atoms with Crippen LogP contribution in [0.4, 0.5) is 5.69 Å². The second kappa shape index (κ2) is 4.74. The van der Waals surface area contributed by atoms with Gasteiger partial charge in [-0.15, -0.1) is 0 Å². The van der Waals surface area contributed by atoms with Gasteiger partial charge >= 0.3 is 0 Å². The Bertz CT molecular complexity index is 545. The first-order chi connectivity index (χ1) is 9.79. The Morgan fingerprint density at radius 1 is 1.40 bits per heavy atom. The van der Waals surface area contributed by atoms with Gasteiger partial charge in [0.25, 0.3) is 0 Å². The van der Waals surface area contributed by atoms with E-state index in [0.29, 0.717) is 24.5 Å². The Morgan fingerprint density at radius 2 is 2.35 bits per heavy atom. The van der Waals surface area contributed by atoms with E-state index in [0.717, 1.165) is 31.6 Å². The number of anilines is 1. The fourth-order valence-electron chi connectivity index (χ4n) is 3.65. The first kappa shape index (κ1) is 12.1. The highest BCUT2D eigenvalue weighted by Crippen LogP contribution is 2.43. The molecule has 1 aliphatic heterocycles. The third-order valence-corrected chi connectivity index (χ3v) is 4.76. The molecular weight excluding hydrogens is 254 g/mol. The van der Waals surface area contributed by atoms with Gasteiger partial charge in [-0.25, -0.2) is 0 Å². The van der Waals surface area contributed by atoms with Crippen molar-refractivity contribution in [1.29, 1.82) is 0 Å². The second-order valence-corrected chi connectivity index (χ2v) is 6.10. The molecule has 106 valence electrons. The molecule has 0 unspecified atom stereocenters. The normalized spacial score (nSPS) is 34.8. The molecule has 2 aliphatic carbocycles. The van der Waals surface area contributed by atoms with Crippen molar-refractivity contribution in [2.75, 3.05) is 18.5 Å². The van der Waals surface area contributed by atoms with Crippen LogP contribution in [0.3, 0.4) is 0 Å². The van der Waals surface area contributed by atoms with Crippen molar-refractivity contribution in [2.45, 2.75) is 25.3 Å². The molecule has 5 nitrogen and oxygen atoms in total. The third-order valence-electron chi connectivity index (χ3n) is 4.76. The monoisotopic (exact) mass is 273 g/mol. The number of fused-ring (bicyclic) bond motifs is 2. The molecule has 2 heterocycles. The summed E-state index contributed by atoms with van der Waals surface area (Å²) in [5, 5.41) is 7.35. The van der Waals surface area contributed by atoms with Crippen LogP contribution in [0.2, 0.25) is 0 Å². The maximum Gasteiger partial charge on any atom is 0.228 e. The zero-order chi connectivity index (χ0) is 13.5. The van der Waals surface area contributed by atoms with E-state index in [4.69, 9.17) is 4.74 Å². The smallest absolute Gasteiger partial charge is 0.228 e. The van der Waals surface area contributed by atoms with Gasteiger partial charge in [-0.05, 0) is 31.1 Å². The van der Waals surface area contributed by atoms with Crippen molar-refractivity contribution >= 4 is 11.6 Å². The van der Waals surface area contributed by atoms with Crippen LogP contribution in [0.25, 0.3) is 0 Å². The van der Waals surface area contributed by atoms with Crippen LogP contribution in [-0.4, -0.2) is 28.9 Å². The minimum absolute atomic E-state index is 0.142. The number of hydrogen-bond acceptors (Lipinski definition) is 3. The van der Waals surface area contributed by atoms with E-state index in [1.54, 1.807) is 6.20 Å². The molecule has 0 radical (unpaired) electrons. The summed E-state index contributed by atoms with van der Waals surface area (Å²) in [5.74, 6) is 1.35. The minimum Gasteiger partial charge on any atom is -0.379 e. The number of allylic oxidation sites excluding steroid dienone is 2. The van der Waals surface area contributed by atoms with Crippen LogP contribution >= 0.6 is 0 Å². The summed E-state index contributed by atoms with van der Waals surface area (Å²) in [7, 11) is 0.